The number of fused-ring (bicyclic) bond motifs is 1. The largest absolute Gasteiger partial charge is 0.371 e. The van der Waals surface area contributed by atoms with Crippen molar-refractivity contribution in [1.29, 1.82) is 0 Å². The number of aromatic nitrogens is 3. The fourth-order valence-electron chi connectivity index (χ4n) is 1.51. The van der Waals surface area contributed by atoms with Gasteiger partial charge in [-0.2, -0.15) is 0 Å². The monoisotopic (exact) mass is 203 g/mol. The molecule has 1 aromatic heterocycles. The third-order valence-corrected chi connectivity index (χ3v) is 2.41. The Hall–Kier alpha value is -1.75. The summed E-state index contributed by atoms with van der Waals surface area (Å²) in [6.45, 7) is 1.21. The molecule has 0 radical (unpaired) electrons. The summed E-state index contributed by atoms with van der Waals surface area (Å²) < 4.78 is 6.41. The van der Waals surface area contributed by atoms with Crippen LogP contribution in [0.2, 0.25) is 0 Å². The van der Waals surface area contributed by atoms with Crippen molar-refractivity contribution in [2.75, 3.05) is 6.61 Å². The molecule has 1 atom stereocenters. The molecule has 3 rings (SSSR count). The van der Waals surface area contributed by atoms with Crippen molar-refractivity contribution >= 4 is 10.9 Å². The molecule has 0 bridgehead atoms. The Morgan fingerprint density at radius 1 is 1.47 bits per heavy atom. The van der Waals surface area contributed by atoms with Gasteiger partial charge in [-0.3, -0.25) is 4.79 Å². The van der Waals surface area contributed by atoms with E-state index < -0.39 is 0 Å². The molecule has 1 aromatic carbocycles. The Labute approximate surface area is 85.3 Å². The predicted octanol–water partition coefficient (Wildman–Crippen LogP) is 0.190. The van der Waals surface area contributed by atoms with Crippen LogP contribution < -0.4 is 5.56 Å². The highest BCUT2D eigenvalue weighted by atomic mass is 16.6. The summed E-state index contributed by atoms with van der Waals surface area (Å²) in [4.78, 5) is 11.9. The first-order valence-corrected chi connectivity index (χ1v) is 4.79. The van der Waals surface area contributed by atoms with E-state index in [1.54, 1.807) is 12.1 Å². The Kier molecular flexibility index (Phi) is 1.78. The van der Waals surface area contributed by atoms with Gasteiger partial charge >= 0.3 is 0 Å². The van der Waals surface area contributed by atoms with Gasteiger partial charge in [-0.05, 0) is 12.1 Å². The zero-order valence-electron chi connectivity index (χ0n) is 7.96. The van der Waals surface area contributed by atoms with Crippen molar-refractivity contribution < 1.29 is 4.74 Å². The van der Waals surface area contributed by atoms with E-state index in [0.29, 0.717) is 24.1 Å². The van der Waals surface area contributed by atoms with E-state index in [9.17, 15) is 4.79 Å². The van der Waals surface area contributed by atoms with Crippen molar-refractivity contribution in [2.24, 2.45) is 0 Å². The number of hydrogen-bond donors (Lipinski definition) is 0. The minimum atomic E-state index is -0.101. The Morgan fingerprint density at radius 2 is 2.27 bits per heavy atom. The van der Waals surface area contributed by atoms with Gasteiger partial charge in [-0.15, -0.1) is 5.10 Å². The van der Waals surface area contributed by atoms with Gasteiger partial charge in [0.1, 0.15) is 11.6 Å². The van der Waals surface area contributed by atoms with Crippen LogP contribution in [0.25, 0.3) is 10.9 Å². The van der Waals surface area contributed by atoms with E-state index >= 15 is 0 Å². The Morgan fingerprint density at radius 3 is 3.07 bits per heavy atom. The second-order valence-electron chi connectivity index (χ2n) is 3.55. The van der Waals surface area contributed by atoms with Crippen LogP contribution in [0.3, 0.4) is 0 Å². The van der Waals surface area contributed by atoms with Gasteiger partial charge in [0.25, 0.3) is 5.56 Å². The molecule has 5 nitrogen and oxygen atoms in total. The maximum Gasteiger partial charge on any atom is 0.277 e. The van der Waals surface area contributed by atoms with Crippen LogP contribution in [0.1, 0.15) is 0 Å². The van der Waals surface area contributed by atoms with Crippen molar-refractivity contribution in [1.82, 2.24) is 15.0 Å². The summed E-state index contributed by atoms with van der Waals surface area (Å²) in [5.41, 5.74) is 0.534. The lowest BCUT2D eigenvalue weighted by Gasteiger charge is -2.01. The smallest absolute Gasteiger partial charge is 0.277 e. The van der Waals surface area contributed by atoms with Gasteiger partial charge in [0.05, 0.1) is 18.5 Å². The molecule has 0 aliphatic carbocycles. The summed E-state index contributed by atoms with van der Waals surface area (Å²) in [7, 11) is 0. The second-order valence-corrected chi connectivity index (χ2v) is 3.55. The third-order valence-electron chi connectivity index (χ3n) is 2.41. The SMILES string of the molecule is O=c1c2ccccc2nnn1C[C@H]1CO1. The van der Waals surface area contributed by atoms with Gasteiger partial charge in [0, 0.05) is 0 Å². The number of benzene rings is 1. The van der Waals surface area contributed by atoms with Crippen LogP contribution in [0, 0.1) is 0 Å². The molecule has 1 saturated heterocycles. The summed E-state index contributed by atoms with van der Waals surface area (Å²) >= 11 is 0. The number of epoxide rings is 1. The molecule has 2 heterocycles. The molecule has 15 heavy (non-hydrogen) atoms. The van der Waals surface area contributed by atoms with Gasteiger partial charge in [0.2, 0.25) is 0 Å². The zero-order chi connectivity index (χ0) is 10.3. The van der Waals surface area contributed by atoms with E-state index in [4.69, 9.17) is 4.74 Å². The number of ether oxygens (including phenoxy) is 1. The molecule has 0 N–H and O–H groups in total. The first-order valence-electron chi connectivity index (χ1n) is 4.79. The molecule has 0 amide bonds. The maximum absolute atomic E-state index is 11.9. The molecule has 0 spiro atoms. The summed E-state index contributed by atoms with van der Waals surface area (Å²) in [6.07, 6.45) is 0.137. The summed E-state index contributed by atoms with van der Waals surface area (Å²) in [6, 6.07) is 7.20. The van der Waals surface area contributed by atoms with Crippen LogP contribution in [-0.4, -0.2) is 27.7 Å². The summed E-state index contributed by atoms with van der Waals surface area (Å²) in [5.74, 6) is 0. The molecule has 0 unspecified atom stereocenters. The summed E-state index contributed by atoms with van der Waals surface area (Å²) in [5, 5.41) is 8.45. The lowest BCUT2D eigenvalue weighted by molar-refractivity contribution is 0.365. The molecule has 76 valence electrons. The molecule has 0 saturated carbocycles. The topological polar surface area (TPSA) is 60.3 Å². The first kappa shape index (κ1) is 8.55. The maximum atomic E-state index is 11.9. The van der Waals surface area contributed by atoms with Gasteiger partial charge < -0.3 is 4.74 Å². The van der Waals surface area contributed by atoms with E-state index in [0.717, 1.165) is 0 Å². The second kappa shape index (κ2) is 3.13. The highest BCUT2D eigenvalue weighted by Crippen LogP contribution is 2.10. The average Bonchev–Trinajstić information content (AvgIpc) is 3.07. The van der Waals surface area contributed by atoms with Gasteiger partial charge in [-0.1, -0.05) is 17.3 Å². The number of hydrogen-bond acceptors (Lipinski definition) is 4. The minimum Gasteiger partial charge on any atom is -0.371 e. The van der Waals surface area contributed by atoms with Crippen LogP contribution in [0.4, 0.5) is 0 Å². The Balaban J connectivity index is 2.15. The highest BCUT2D eigenvalue weighted by Gasteiger charge is 2.24. The fourth-order valence-corrected chi connectivity index (χ4v) is 1.51. The lowest BCUT2D eigenvalue weighted by Crippen LogP contribution is -2.26. The molecule has 5 heteroatoms. The normalized spacial score (nSPS) is 19.3. The Bertz CT molecular complexity index is 560. The quantitative estimate of drug-likeness (QED) is 0.654. The standard InChI is InChI=1S/C10H9N3O2/c14-10-8-3-1-2-4-9(8)11-12-13(10)5-7-6-15-7/h1-4,7H,5-6H2/t7-/m0/s1. The molecular formula is C10H9N3O2. The van der Waals surface area contributed by atoms with Gasteiger partial charge in [0.15, 0.2) is 0 Å². The lowest BCUT2D eigenvalue weighted by atomic mass is 10.2. The van der Waals surface area contributed by atoms with Crippen LogP contribution in [0.5, 0.6) is 0 Å². The van der Waals surface area contributed by atoms with Gasteiger partial charge in [-0.25, -0.2) is 4.68 Å². The first-order chi connectivity index (χ1) is 7.34. The van der Waals surface area contributed by atoms with Crippen LogP contribution in [-0.2, 0) is 11.3 Å². The van der Waals surface area contributed by atoms with Crippen molar-refractivity contribution in [3.8, 4) is 0 Å². The van der Waals surface area contributed by atoms with E-state index in [2.05, 4.69) is 10.3 Å². The minimum absolute atomic E-state index is 0.101. The molecule has 2 aromatic rings. The third kappa shape index (κ3) is 1.50. The van der Waals surface area contributed by atoms with Crippen molar-refractivity contribution in [3.63, 3.8) is 0 Å². The number of nitrogens with zero attached hydrogens (tertiary/aromatic N) is 3. The predicted molar refractivity (Wildman–Crippen MR) is 53.5 cm³/mol. The molecular weight excluding hydrogens is 194 g/mol. The van der Waals surface area contributed by atoms with Crippen LogP contribution >= 0.6 is 0 Å². The van der Waals surface area contributed by atoms with E-state index in [1.807, 2.05) is 12.1 Å². The van der Waals surface area contributed by atoms with Crippen LogP contribution in [0.15, 0.2) is 29.1 Å². The van der Waals surface area contributed by atoms with Crippen molar-refractivity contribution in [3.05, 3.63) is 34.6 Å². The fraction of sp³-hybridized carbons (Fsp3) is 0.300. The number of rotatable bonds is 2. The molecule has 1 aliphatic heterocycles. The van der Waals surface area contributed by atoms with E-state index in [-0.39, 0.29) is 11.7 Å². The van der Waals surface area contributed by atoms with Crippen molar-refractivity contribution in [2.45, 2.75) is 12.6 Å². The molecule has 1 aliphatic rings. The molecule has 1 fully saturated rings. The van der Waals surface area contributed by atoms with E-state index in [1.165, 1.54) is 4.68 Å². The zero-order valence-corrected chi connectivity index (χ0v) is 7.96. The average molecular weight is 203 g/mol. The highest BCUT2D eigenvalue weighted by molar-refractivity contribution is 5.76.